The van der Waals surface area contributed by atoms with Crippen LogP contribution in [-0.2, 0) is 6.42 Å². The molecule has 88 valence electrons. The van der Waals surface area contributed by atoms with E-state index < -0.39 is 0 Å². The van der Waals surface area contributed by atoms with Gasteiger partial charge in [0.15, 0.2) is 0 Å². The van der Waals surface area contributed by atoms with Gasteiger partial charge < -0.3 is 0 Å². The van der Waals surface area contributed by atoms with Crippen molar-refractivity contribution in [1.29, 1.82) is 0 Å². The number of hydrogen-bond acceptors (Lipinski definition) is 0. The molecule has 0 spiro atoms. The number of benzene rings is 1. The van der Waals surface area contributed by atoms with Crippen LogP contribution in [0.25, 0.3) is 0 Å². The molecule has 0 heterocycles. The van der Waals surface area contributed by atoms with Crippen molar-refractivity contribution in [1.82, 2.24) is 0 Å². The molecule has 16 heavy (non-hydrogen) atoms. The molecule has 0 saturated carbocycles. The number of allylic oxidation sites excluding steroid dienone is 2. The normalized spacial score (nSPS) is 12.9. The summed E-state index contributed by atoms with van der Waals surface area (Å²) in [5.74, 6) is 0.460. The van der Waals surface area contributed by atoms with Gasteiger partial charge in [0.1, 0.15) is 0 Å². The van der Waals surface area contributed by atoms with E-state index in [1.165, 1.54) is 23.6 Å². The monoisotopic (exact) mass is 220 g/mol. The molecule has 0 bridgehead atoms. The zero-order chi connectivity index (χ0) is 12.3. The van der Waals surface area contributed by atoms with Crippen molar-refractivity contribution < 1.29 is 4.39 Å². The van der Waals surface area contributed by atoms with Crippen LogP contribution in [0.1, 0.15) is 50.3 Å². The summed E-state index contributed by atoms with van der Waals surface area (Å²) in [7, 11) is 0. The molecular formula is C15H21F. The first-order valence-corrected chi connectivity index (χ1v) is 5.82. The summed E-state index contributed by atoms with van der Waals surface area (Å²) in [5, 5.41) is 0. The van der Waals surface area contributed by atoms with Crippen LogP contribution in [0.15, 0.2) is 29.6 Å². The largest absolute Gasteiger partial charge is 0.212 e. The standard InChI is InChI=1S/C15H21F/c1-10(2)15-7-11(3)6-14(9-15)8-12(4)13(5)16/h6-7,9-10H,8H2,1-5H3/b13-12-. The molecule has 1 heteroatoms. The summed E-state index contributed by atoms with van der Waals surface area (Å²) in [6.07, 6.45) is 0.712. The third kappa shape index (κ3) is 3.48. The predicted molar refractivity (Wildman–Crippen MR) is 68.5 cm³/mol. The molecule has 0 N–H and O–H groups in total. The Labute approximate surface area is 98.2 Å². The minimum Gasteiger partial charge on any atom is -0.212 e. The van der Waals surface area contributed by atoms with Crippen molar-refractivity contribution >= 4 is 0 Å². The van der Waals surface area contributed by atoms with E-state index in [2.05, 4.69) is 39.0 Å². The molecule has 0 saturated heterocycles. The van der Waals surface area contributed by atoms with Gasteiger partial charge in [-0.25, -0.2) is 4.39 Å². The Balaban J connectivity index is 3.02. The number of hydrogen-bond donors (Lipinski definition) is 0. The third-order valence-corrected chi connectivity index (χ3v) is 2.88. The van der Waals surface area contributed by atoms with Crippen molar-refractivity contribution in [2.24, 2.45) is 0 Å². The van der Waals surface area contributed by atoms with E-state index in [1.54, 1.807) is 0 Å². The van der Waals surface area contributed by atoms with Gasteiger partial charge in [0, 0.05) is 0 Å². The second-order valence-electron chi connectivity index (χ2n) is 4.90. The summed E-state index contributed by atoms with van der Waals surface area (Å²) in [6.45, 7) is 9.83. The number of aryl methyl sites for hydroxylation is 1. The summed E-state index contributed by atoms with van der Waals surface area (Å²) < 4.78 is 13.0. The molecule has 0 aliphatic carbocycles. The van der Waals surface area contributed by atoms with Gasteiger partial charge in [-0.1, -0.05) is 37.6 Å². The molecule has 0 fully saturated rings. The molecule has 0 atom stereocenters. The van der Waals surface area contributed by atoms with Crippen LogP contribution in [0.5, 0.6) is 0 Å². The van der Waals surface area contributed by atoms with Gasteiger partial charge in [0.2, 0.25) is 0 Å². The van der Waals surface area contributed by atoms with E-state index in [0.717, 1.165) is 5.57 Å². The first-order chi connectivity index (χ1) is 7.40. The highest BCUT2D eigenvalue weighted by molar-refractivity contribution is 5.33. The maximum atomic E-state index is 13.0. The van der Waals surface area contributed by atoms with Gasteiger partial charge in [-0.05, 0) is 49.8 Å². The Morgan fingerprint density at radius 3 is 2.31 bits per heavy atom. The van der Waals surface area contributed by atoms with Crippen LogP contribution in [0.4, 0.5) is 4.39 Å². The zero-order valence-electron chi connectivity index (χ0n) is 10.9. The van der Waals surface area contributed by atoms with Crippen molar-refractivity contribution in [2.75, 3.05) is 0 Å². The molecule has 0 unspecified atom stereocenters. The van der Waals surface area contributed by atoms with Gasteiger partial charge in [0.25, 0.3) is 0 Å². The highest BCUT2D eigenvalue weighted by atomic mass is 19.1. The van der Waals surface area contributed by atoms with Crippen LogP contribution >= 0.6 is 0 Å². The topological polar surface area (TPSA) is 0 Å². The first-order valence-electron chi connectivity index (χ1n) is 5.82. The summed E-state index contributed by atoms with van der Waals surface area (Å²) in [5.41, 5.74) is 4.61. The fourth-order valence-corrected chi connectivity index (χ4v) is 1.76. The van der Waals surface area contributed by atoms with Gasteiger partial charge in [0.05, 0.1) is 5.83 Å². The van der Waals surface area contributed by atoms with Crippen LogP contribution in [0.3, 0.4) is 0 Å². The Bertz CT molecular complexity index is 396. The lowest BCUT2D eigenvalue weighted by Gasteiger charge is -2.10. The lowest BCUT2D eigenvalue weighted by atomic mass is 9.95. The molecule has 1 aromatic rings. The smallest absolute Gasteiger partial charge is 0.0961 e. The summed E-state index contributed by atoms with van der Waals surface area (Å²) >= 11 is 0. The molecule has 1 rings (SSSR count). The van der Waals surface area contributed by atoms with E-state index in [1.807, 2.05) is 6.92 Å². The van der Waals surface area contributed by atoms with Gasteiger partial charge >= 0.3 is 0 Å². The van der Waals surface area contributed by atoms with Crippen LogP contribution < -0.4 is 0 Å². The Morgan fingerprint density at radius 2 is 1.81 bits per heavy atom. The molecule has 0 radical (unpaired) electrons. The van der Waals surface area contributed by atoms with E-state index in [4.69, 9.17) is 0 Å². The van der Waals surface area contributed by atoms with E-state index in [9.17, 15) is 4.39 Å². The van der Waals surface area contributed by atoms with Crippen molar-refractivity contribution in [3.05, 3.63) is 46.3 Å². The highest BCUT2D eigenvalue weighted by Gasteiger charge is 2.04. The van der Waals surface area contributed by atoms with E-state index >= 15 is 0 Å². The van der Waals surface area contributed by atoms with E-state index in [0.29, 0.717) is 12.3 Å². The van der Waals surface area contributed by atoms with Gasteiger partial charge in [-0.3, -0.25) is 0 Å². The average molecular weight is 220 g/mol. The third-order valence-electron chi connectivity index (χ3n) is 2.88. The minimum absolute atomic E-state index is 0.0624. The second-order valence-corrected chi connectivity index (χ2v) is 4.90. The Morgan fingerprint density at radius 1 is 1.19 bits per heavy atom. The van der Waals surface area contributed by atoms with Crippen molar-refractivity contribution in [2.45, 2.75) is 47.0 Å². The summed E-state index contributed by atoms with van der Waals surface area (Å²) in [6, 6.07) is 6.53. The molecule has 1 aromatic carbocycles. The maximum absolute atomic E-state index is 13.0. The molecular weight excluding hydrogens is 199 g/mol. The first kappa shape index (κ1) is 13.0. The SMILES string of the molecule is C/C(F)=C(\C)Cc1cc(C)cc(C(C)C)c1. The lowest BCUT2D eigenvalue weighted by Crippen LogP contribution is -1.94. The van der Waals surface area contributed by atoms with Crippen molar-refractivity contribution in [3.8, 4) is 0 Å². The molecule has 0 amide bonds. The fraction of sp³-hybridized carbons (Fsp3) is 0.467. The van der Waals surface area contributed by atoms with E-state index in [-0.39, 0.29) is 5.83 Å². The summed E-state index contributed by atoms with van der Waals surface area (Å²) in [4.78, 5) is 0. The highest BCUT2D eigenvalue weighted by Crippen LogP contribution is 2.21. The minimum atomic E-state index is -0.0624. The average Bonchev–Trinajstić information content (AvgIpc) is 2.16. The second kappa shape index (κ2) is 5.29. The van der Waals surface area contributed by atoms with Gasteiger partial charge in [-0.2, -0.15) is 0 Å². The predicted octanol–water partition coefficient (Wildman–Crippen LogP) is 4.92. The quantitative estimate of drug-likeness (QED) is 0.678. The number of halogens is 1. The van der Waals surface area contributed by atoms with Crippen molar-refractivity contribution in [3.63, 3.8) is 0 Å². The molecule has 0 aliphatic rings. The molecule has 0 aliphatic heterocycles. The van der Waals surface area contributed by atoms with Crippen LogP contribution in [-0.4, -0.2) is 0 Å². The zero-order valence-corrected chi connectivity index (χ0v) is 10.9. The van der Waals surface area contributed by atoms with Crippen LogP contribution in [0.2, 0.25) is 0 Å². The van der Waals surface area contributed by atoms with Crippen LogP contribution in [0, 0.1) is 6.92 Å². The Hall–Kier alpha value is -1.11. The van der Waals surface area contributed by atoms with Gasteiger partial charge in [-0.15, -0.1) is 0 Å². The number of rotatable bonds is 3. The fourth-order valence-electron chi connectivity index (χ4n) is 1.76. The lowest BCUT2D eigenvalue weighted by molar-refractivity contribution is 0.623. The molecule has 0 aromatic heterocycles. The maximum Gasteiger partial charge on any atom is 0.0961 e. The molecule has 0 nitrogen and oxygen atoms in total. The Kier molecular flexibility index (Phi) is 4.28.